The normalized spacial score (nSPS) is 10.1. The zero-order valence-electron chi connectivity index (χ0n) is 11.5. The molecule has 20 heavy (non-hydrogen) atoms. The molecule has 0 aliphatic heterocycles. The molecule has 0 bridgehead atoms. The SMILES string of the molecule is CCOC(=O)c1ccc(Nc2nccc(C)c2N)cc1. The van der Waals surface area contributed by atoms with Crippen LogP contribution >= 0.6 is 0 Å². The second-order valence-corrected chi connectivity index (χ2v) is 4.31. The highest BCUT2D eigenvalue weighted by molar-refractivity contribution is 5.90. The number of benzene rings is 1. The minimum atomic E-state index is -0.327. The molecule has 0 aliphatic rings. The number of nitrogens with one attached hydrogen (secondary N) is 1. The maximum atomic E-state index is 11.5. The summed E-state index contributed by atoms with van der Waals surface area (Å²) in [5.74, 6) is 0.279. The predicted octanol–water partition coefficient (Wildman–Crippen LogP) is 2.89. The van der Waals surface area contributed by atoms with E-state index in [0.29, 0.717) is 23.7 Å². The summed E-state index contributed by atoms with van der Waals surface area (Å²) in [7, 11) is 0. The van der Waals surface area contributed by atoms with Crippen molar-refractivity contribution in [3.05, 3.63) is 47.7 Å². The van der Waals surface area contributed by atoms with E-state index in [1.165, 1.54) is 0 Å². The minimum Gasteiger partial charge on any atom is -0.462 e. The number of hydrogen-bond acceptors (Lipinski definition) is 5. The third kappa shape index (κ3) is 3.06. The average molecular weight is 271 g/mol. The van der Waals surface area contributed by atoms with Gasteiger partial charge in [0.15, 0.2) is 5.82 Å². The Kier molecular flexibility index (Phi) is 4.20. The molecule has 104 valence electrons. The highest BCUT2D eigenvalue weighted by Gasteiger charge is 2.07. The van der Waals surface area contributed by atoms with Crippen LogP contribution in [0, 0.1) is 6.92 Å². The van der Waals surface area contributed by atoms with Gasteiger partial charge in [-0.25, -0.2) is 9.78 Å². The van der Waals surface area contributed by atoms with Gasteiger partial charge >= 0.3 is 5.97 Å². The van der Waals surface area contributed by atoms with Crippen LogP contribution in [-0.2, 0) is 4.74 Å². The van der Waals surface area contributed by atoms with E-state index in [-0.39, 0.29) is 5.97 Å². The van der Waals surface area contributed by atoms with Crippen molar-refractivity contribution in [3.8, 4) is 0 Å². The molecule has 5 nitrogen and oxygen atoms in total. The fourth-order valence-corrected chi connectivity index (χ4v) is 1.71. The van der Waals surface area contributed by atoms with Crippen molar-refractivity contribution in [1.29, 1.82) is 0 Å². The van der Waals surface area contributed by atoms with Crippen molar-refractivity contribution in [3.63, 3.8) is 0 Å². The first kappa shape index (κ1) is 13.9. The maximum absolute atomic E-state index is 11.5. The van der Waals surface area contributed by atoms with E-state index < -0.39 is 0 Å². The number of aryl methyl sites for hydroxylation is 1. The van der Waals surface area contributed by atoms with Crippen molar-refractivity contribution in [2.45, 2.75) is 13.8 Å². The van der Waals surface area contributed by atoms with E-state index in [9.17, 15) is 4.79 Å². The molecule has 2 rings (SSSR count). The number of carbonyl (C=O) groups is 1. The van der Waals surface area contributed by atoms with Crippen LogP contribution in [0.5, 0.6) is 0 Å². The number of nitrogens with two attached hydrogens (primary N) is 1. The molecule has 1 heterocycles. The van der Waals surface area contributed by atoms with Gasteiger partial charge in [0.1, 0.15) is 0 Å². The Morgan fingerprint density at radius 1 is 1.30 bits per heavy atom. The summed E-state index contributed by atoms with van der Waals surface area (Å²) in [4.78, 5) is 15.7. The van der Waals surface area contributed by atoms with Gasteiger partial charge in [-0.3, -0.25) is 0 Å². The molecule has 0 amide bonds. The van der Waals surface area contributed by atoms with Gasteiger partial charge in [0.25, 0.3) is 0 Å². The minimum absolute atomic E-state index is 0.327. The summed E-state index contributed by atoms with van der Waals surface area (Å²) in [6, 6.07) is 8.83. The molecule has 1 aromatic carbocycles. The summed E-state index contributed by atoms with van der Waals surface area (Å²) in [5.41, 5.74) is 8.85. The van der Waals surface area contributed by atoms with Crippen molar-refractivity contribution < 1.29 is 9.53 Å². The topological polar surface area (TPSA) is 77.2 Å². The molecule has 3 N–H and O–H groups in total. The van der Waals surface area contributed by atoms with Crippen molar-refractivity contribution in [2.24, 2.45) is 0 Å². The number of carbonyl (C=O) groups excluding carboxylic acids is 1. The molecule has 2 aromatic rings. The zero-order chi connectivity index (χ0) is 14.5. The monoisotopic (exact) mass is 271 g/mol. The van der Waals surface area contributed by atoms with Gasteiger partial charge in [-0.1, -0.05) is 0 Å². The summed E-state index contributed by atoms with van der Waals surface area (Å²) >= 11 is 0. The fourth-order valence-electron chi connectivity index (χ4n) is 1.71. The number of esters is 1. The molecule has 0 saturated carbocycles. The average Bonchev–Trinajstić information content (AvgIpc) is 2.45. The van der Waals surface area contributed by atoms with Crippen molar-refractivity contribution in [2.75, 3.05) is 17.7 Å². The Morgan fingerprint density at radius 2 is 2.00 bits per heavy atom. The largest absolute Gasteiger partial charge is 0.462 e. The van der Waals surface area contributed by atoms with Gasteiger partial charge in [0.2, 0.25) is 0 Å². The Hall–Kier alpha value is -2.56. The predicted molar refractivity (Wildman–Crippen MR) is 79.1 cm³/mol. The third-order valence-electron chi connectivity index (χ3n) is 2.87. The summed E-state index contributed by atoms with van der Waals surface area (Å²) < 4.78 is 4.93. The van der Waals surface area contributed by atoms with Crippen LogP contribution in [0.2, 0.25) is 0 Å². The van der Waals surface area contributed by atoms with Crippen LogP contribution in [0.25, 0.3) is 0 Å². The lowest BCUT2D eigenvalue weighted by Gasteiger charge is -2.10. The van der Waals surface area contributed by atoms with E-state index in [1.54, 1.807) is 37.4 Å². The number of hydrogen-bond donors (Lipinski definition) is 2. The quantitative estimate of drug-likeness (QED) is 0.836. The highest BCUT2D eigenvalue weighted by Crippen LogP contribution is 2.23. The van der Waals surface area contributed by atoms with Gasteiger partial charge in [-0.05, 0) is 49.7 Å². The number of nitrogens with zero attached hydrogens (tertiary/aromatic N) is 1. The van der Waals surface area contributed by atoms with E-state index in [0.717, 1.165) is 11.3 Å². The second-order valence-electron chi connectivity index (χ2n) is 4.31. The smallest absolute Gasteiger partial charge is 0.338 e. The van der Waals surface area contributed by atoms with Gasteiger partial charge in [0, 0.05) is 11.9 Å². The number of aromatic nitrogens is 1. The molecule has 0 radical (unpaired) electrons. The summed E-state index contributed by atoms with van der Waals surface area (Å²) in [5, 5.41) is 3.12. The van der Waals surface area contributed by atoms with Crippen molar-refractivity contribution >= 4 is 23.2 Å². The Labute approximate surface area is 117 Å². The molecule has 0 aliphatic carbocycles. The first-order valence-corrected chi connectivity index (χ1v) is 6.37. The Bertz CT molecular complexity index is 609. The van der Waals surface area contributed by atoms with Crippen LogP contribution < -0.4 is 11.1 Å². The first-order valence-electron chi connectivity index (χ1n) is 6.37. The Morgan fingerprint density at radius 3 is 2.65 bits per heavy atom. The van der Waals surface area contributed by atoms with E-state index in [4.69, 9.17) is 10.5 Å². The van der Waals surface area contributed by atoms with Gasteiger partial charge in [-0.15, -0.1) is 0 Å². The lowest BCUT2D eigenvalue weighted by molar-refractivity contribution is 0.0526. The van der Waals surface area contributed by atoms with Crippen LogP contribution in [0.15, 0.2) is 36.5 Å². The van der Waals surface area contributed by atoms with Gasteiger partial charge in [-0.2, -0.15) is 0 Å². The molecule has 5 heteroatoms. The van der Waals surface area contributed by atoms with Crippen LogP contribution in [0.3, 0.4) is 0 Å². The van der Waals surface area contributed by atoms with Gasteiger partial charge < -0.3 is 15.8 Å². The number of pyridine rings is 1. The molecular weight excluding hydrogens is 254 g/mol. The second kappa shape index (κ2) is 6.06. The molecular formula is C15H17N3O2. The fraction of sp³-hybridized carbons (Fsp3) is 0.200. The standard InChI is InChI=1S/C15H17N3O2/c1-3-20-15(19)11-4-6-12(7-5-11)18-14-13(16)10(2)8-9-17-14/h4-9H,3,16H2,1-2H3,(H,17,18). The number of anilines is 3. The lowest BCUT2D eigenvalue weighted by Crippen LogP contribution is -2.05. The molecule has 0 unspecified atom stereocenters. The molecule has 0 saturated heterocycles. The van der Waals surface area contributed by atoms with E-state index >= 15 is 0 Å². The van der Waals surface area contributed by atoms with Crippen LogP contribution in [0.1, 0.15) is 22.8 Å². The third-order valence-corrected chi connectivity index (χ3v) is 2.87. The number of nitrogen functional groups attached to an aromatic ring is 1. The highest BCUT2D eigenvalue weighted by atomic mass is 16.5. The number of rotatable bonds is 4. The lowest BCUT2D eigenvalue weighted by atomic mass is 10.2. The molecule has 0 fully saturated rings. The molecule has 0 atom stereocenters. The van der Waals surface area contributed by atoms with Gasteiger partial charge in [0.05, 0.1) is 17.9 Å². The summed E-state index contributed by atoms with van der Waals surface area (Å²) in [6.45, 7) is 4.06. The number of ether oxygens (including phenoxy) is 1. The van der Waals surface area contributed by atoms with Crippen LogP contribution in [-0.4, -0.2) is 17.6 Å². The molecule has 0 spiro atoms. The molecule has 1 aromatic heterocycles. The van der Waals surface area contributed by atoms with E-state index in [2.05, 4.69) is 10.3 Å². The van der Waals surface area contributed by atoms with Crippen LogP contribution in [0.4, 0.5) is 17.2 Å². The zero-order valence-corrected chi connectivity index (χ0v) is 11.5. The first-order chi connectivity index (χ1) is 9.61. The van der Waals surface area contributed by atoms with E-state index in [1.807, 2.05) is 13.0 Å². The Balaban J connectivity index is 2.15. The van der Waals surface area contributed by atoms with Crippen molar-refractivity contribution in [1.82, 2.24) is 4.98 Å². The maximum Gasteiger partial charge on any atom is 0.338 e. The summed E-state index contributed by atoms with van der Waals surface area (Å²) in [6.07, 6.45) is 1.70.